The van der Waals surface area contributed by atoms with Crippen LogP contribution in [0.4, 0.5) is 68.3 Å². The number of ether oxygens (including phenoxy) is 3. The molecule has 5 aliphatic heterocycles. The van der Waals surface area contributed by atoms with Gasteiger partial charge in [0.05, 0.1) is 11.1 Å². The number of halogens is 6. The number of piperidine rings is 4. The Labute approximate surface area is 731 Å². The first kappa shape index (κ1) is 95.9. The van der Waals surface area contributed by atoms with E-state index in [0.717, 1.165) is 206 Å². The first-order chi connectivity index (χ1) is 59.9. The number of fused-ring (bicyclic) bond motifs is 1. The molecule has 4 saturated heterocycles. The summed E-state index contributed by atoms with van der Waals surface area (Å²) in [5, 5.41) is 11.6. The minimum absolute atomic E-state index is 0.00135. The molecule has 0 saturated carbocycles. The number of anilines is 4. The zero-order valence-electron chi connectivity index (χ0n) is 73.6. The maximum atomic E-state index is 13.6. The first-order valence-corrected chi connectivity index (χ1v) is 44.8. The predicted molar refractivity (Wildman–Crippen MR) is 484 cm³/mol. The molecular weight excluding hydrogens is 1580 g/mol. The summed E-state index contributed by atoms with van der Waals surface area (Å²) in [5.74, 6) is 2.03. The summed E-state index contributed by atoms with van der Waals surface area (Å²) in [7, 11) is 0. The maximum Gasteiger partial charge on any atom is 0.416 e. The van der Waals surface area contributed by atoms with E-state index in [1.54, 1.807) is 4.90 Å². The molecule has 670 valence electrons. The Kier molecular flexibility index (Phi) is 38.2. The van der Waals surface area contributed by atoms with Gasteiger partial charge in [-0.1, -0.05) is 181 Å². The summed E-state index contributed by atoms with van der Waals surface area (Å²) >= 11 is 0. The Morgan fingerprint density at radius 1 is 0.403 bits per heavy atom. The van der Waals surface area contributed by atoms with Gasteiger partial charge in [0, 0.05) is 138 Å². The Hall–Kier alpha value is -10.3. The third kappa shape index (κ3) is 30.8. The Balaban J connectivity index is 0.000000174. The zero-order chi connectivity index (χ0) is 88.2. The van der Waals surface area contributed by atoms with Crippen molar-refractivity contribution >= 4 is 46.9 Å². The molecule has 124 heavy (non-hydrogen) atoms. The molecule has 0 aliphatic carbocycles. The SMILES string of the molecule is CCCC(C)N1CCC(N(Cc2ccccc2)C(=O)Nc2cccc(OCc3ccccc3)c2)CC1.CCCCN(C(=O)Nc1cccc(C(F)(F)F)c1)C1CCN(CCC)CC1.CCCCN1CCC(N(Cc2ccccc2)C(=O)Nc2cccc(C)c2)CC1.CCCN1CCC(N(Cc2ccc3c(c2)OCO3)C(=O)Nc2cccc(C(F)(F)F)c2)CC1. The molecule has 8 aromatic rings. The van der Waals surface area contributed by atoms with E-state index in [9.17, 15) is 45.5 Å². The molecule has 19 nitrogen and oxygen atoms in total. The highest BCUT2D eigenvalue weighted by atomic mass is 19.4. The summed E-state index contributed by atoms with van der Waals surface area (Å²) in [6.45, 7) is 29.2. The van der Waals surface area contributed by atoms with Gasteiger partial charge in [0.15, 0.2) is 11.5 Å². The number of amides is 8. The monoisotopic (exact) mass is 1710 g/mol. The number of alkyl halides is 6. The fraction of sp³-hybridized carbons (Fsp3) is 0.475. The second-order valence-electron chi connectivity index (χ2n) is 33.1. The standard InChI is InChI=1S/C31H39N3O2.C24H28F3N3O3.C24H33N3O.C20H30F3N3O/c1-3-11-25(2)33-20-18-29(19-21-33)34(23-26-12-6-4-7-13-26)31(35)32-28-16-10-17-30(22-28)36-24-27-14-8-5-9-15-27;1-2-10-29-11-8-20(9-12-29)30(15-17-6-7-21-22(13-17)33-16-32-21)23(31)28-19-5-3-4-18(14-19)24(25,26)27;1-3-4-15-26-16-13-23(14-17-26)27(19-21-10-6-5-7-11-21)24(28)25-22-12-8-9-20(2)18-22;1-3-5-12-26(18-9-13-25(11-4-2)14-10-18)19(27)24-17-8-6-7-16(15-17)20(21,22)23/h4-10,12-17,22,25,29H,3,11,18-21,23-24H2,1-2H3,(H,32,35);3-7,13-14,20H,2,8-12,15-16H2,1H3,(H,28,31);5-12,18,23H,3-4,13-17,19H2,1-2H3,(H,25,28);6-8,15,18H,3-5,9-14H2,1-2H3,(H,24,27). The number of hydrogen-bond donors (Lipinski definition) is 4. The van der Waals surface area contributed by atoms with E-state index in [1.165, 1.54) is 62.1 Å². The lowest BCUT2D eigenvalue weighted by Gasteiger charge is -2.40. The lowest BCUT2D eigenvalue weighted by molar-refractivity contribution is -0.138. The third-order valence-electron chi connectivity index (χ3n) is 23.6. The molecule has 25 heteroatoms. The number of nitrogens with zero attached hydrogens (tertiary/aromatic N) is 8. The third-order valence-corrected chi connectivity index (χ3v) is 23.6. The van der Waals surface area contributed by atoms with Crippen LogP contribution in [0.25, 0.3) is 0 Å². The van der Waals surface area contributed by atoms with Gasteiger partial charge in [0.2, 0.25) is 6.79 Å². The molecule has 0 spiro atoms. The van der Waals surface area contributed by atoms with Crippen LogP contribution in [-0.2, 0) is 38.6 Å². The van der Waals surface area contributed by atoms with Crippen molar-refractivity contribution in [3.63, 3.8) is 0 Å². The van der Waals surface area contributed by atoms with Crippen LogP contribution in [-0.4, -0.2) is 179 Å². The maximum absolute atomic E-state index is 13.6. The molecule has 1 atom stereocenters. The van der Waals surface area contributed by atoms with Gasteiger partial charge in [-0.2, -0.15) is 26.3 Å². The van der Waals surface area contributed by atoms with Crippen LogP contribution in [0.3, 0.4) is 0 Å². The van der Waals surface area contributed by atoms with Gasteiger partial charge in [-0.25, -0.2) is 19.2 Å². The first-order valence-electron chi connectivity index (χ1n) is 44.8. The van der Waals surface area contributed by atoms with Crippen molar-refractivity contribution in [1.82, 2.24) is 39.2 Å². The average molecular weight is 1710 g/mol. The van der Waals surface area contributed by atoms with Crippen molar-refractivity contribution in [3.05, 3.63) is 245 Å². The fourth-order valence-electron chi connectivity index (χ4n) is 16.7. The molecule has 0 bridgehead atoms. The number of urea groups is 4. The summed E-state index contributed by atoms with van der Waals surface area (Å²) in [6.07, 6.45) is 7.53. The van der Waals surface area contributed by atoms with E-state index in [2.05, 4.69) is 107 Å². The highest BCUT2D eigenvalue weighted by Gasteiger charge is 2.36. The molecule has 1 unspecified atom stereocenters. The Morgan fingerprint density at radius 2 is 0.798 bits per heavy atom. The van der Waals surface area contributed by atoms with Gasteiger partial charge in [-0.3, -0.25) is 0 Å². The fourth-order valence-corrected chi connectivity index (χ4v) is 16.7. The summed E-state index contributed by atoms with van der Waals surface area (Å²) < 4.78 is 94.8. The van der Waals surface area contributed by atoms with Crippen molar-refractivity contribution in [1.29, 1.82) is 0 Å². The summed E-state index contributed by atoms with van der Waals surface area (Å²) in [5.41, 5.74) is 5.81. The van der Waals surface area contributed by atoms with Crippen molar-refractivity contribution in [3.8, 4) is 17.2 Å². The molecular formula is C99H130F6N12O7. The van der Waals surface area contributed by atoms with E-state index in [4.69, 9.17) is 14.2 Å². The number of aryl methyl sites for hydroxylation is 1. The van der Waals surface area contributed by atoms with Crippen LogP contribution in [0.1, 0.15) is 183 Å². The number of likely N-dealkylation sites (tertiary alicyclic amines) is 4. The van der Waals surface area contributed by atoms with Gasteiger partial charge in [-0.15, -0.1) is 0 Å². The van der Waals surface area contributed by atoms with Crippen LogP contribution >= 0.6 is 0 Å². The average Bonchev–Trinajstić information content (AvgIpc) is 1.47. The number of nitrogens with one attached hydrogen (secondary N) is 4. The molecule has 4 fully saturated rings. The van der Waals surface area contributed by atoms with Gasteiger partial charge >= 0.3 is 36.5 Å². The van der Waals surface area contributed by atoms with Gasteiger partial charge in [0.1, 0.15) is 12.4 Å². The lowest BCUT2D eigenvalue weighted by Crippen LogP contribution is -2.50. The molecule has 13 rings (SSSR count). The number of carbonyl (C=O) groups is 4. The molecule has 8 aromatic carbocycles. The molecule has 0 radical (unpaired) electrons. The number of hydrogen-bond acceptors (Lipinski definition) is 11. The second-order valence-corrected chi connectivity index (χ2v) is 33.1. The van der Waals surface area contributed by atoms with Gasteiger partial charge < -0.3 is 74.7 Å². The summed E-state index contributed by atoms with van der Waals surface area (Å²) in [6, 6.07) is 61.8. The van der Waals surface area contributed by atoms with Crippen LogP contribution < -0.4 is 35.5 Å². The van der Waals surface area contributed by atoms with Gasteiger partial charge in [0.25, 0.3) is 0 Å². The molecule has 0 aromatic heterocycles. The zero-order valence-corrected chi connectivity index (χ0v) is 73.6. The normalized spacial score (nSPS) is 15.9. The largest absolute Gasteiger partial charge is 0.489 e. The van der Waals surface area contributed by atoms with E-state index >= 15 is 0 Å². The number of benzene rings is 8. The van der Waals surface area contributed by atoms with Crippen LogP contribution in [0.5, 0.6) is 17.2 Å². The van der Waals surface area contributed by atoms with E-state index in [1.807, 2.05) is 155 Å². The van der Waals surface area contributed by atoms with Crippen LogP contribution in [0.2, 0.25) is 0 Å². The Morgan fingerprint density at radius 3 is 1.24 bits per heavy atom. The van der Waals surface area contributed by atoms with E-state index < -0.39 is 29.5 Å². The Bertz CT molecular complexity index is 4500. The van der Waals surface area contributed by atoms with Gasteiger partial charge in [-0.05, 0) is 218 Å². The van der Waals surface area contributed by atoms with Crippen molar-refractivity contribution in [2.75, 3.05) is 107 Å². The smallest absolute Gasteiger partial charge is 0.416 e. The number of carbonyl (C=O) groups excluding carboxylic acids is 4. The highest BCUT2D eigenvalue weighted by Crippen LogP contribution is 2.37. The molecule has 5 heterocycles. The second kappa shape index (κ2) is 49.4. The highest BCUT2D eigenvalue weighted by molar-refractivity contribution is 5.92. The van der Waals surface area contributed by atoms with E-state index in [-0.39, 0.29) is 60.4 Å². The topological polar surface area (TPSA) is 170 Å². The lowest BCUT2D eigenvalue weighted by atomic mass is 10.00. The summed E-state index contributed by atoms with van der Waals surface area (Å²) in [4.78, 5) is 70.3. The molecule has 5 aliphatic rings. The number of unbranched alkanes of at least 4 members (excludes halogenated alkanes) is 2. The minimum atomic E-state index is -4.47. The predicted octanol–water partition coefficient (Wildman–Crippen LogP) is 22.8. The van der Waals surface area contributed by atoms with Crippen molar-refractivity contribution in [2.24, 2.45) is 0 Å². The quantitative estimate of drug-likeness (QED) is 0.0316. The van der Waals surface area contributed by atoms with Crippen LogP contribution in [0.15, 0.2) is 206 Å². The number of rotatable bonds is 30. The molecule has 4 N–H and O–H groups in total. The van der Waals surface area contributed by atoms with Crippen LogP contribution in [0, 0.1) is 6.92 Å². The van der Waals surface area contributed by atoms with Crippen molar-refractivity contribution in [2.45, 2.75) is 220 Å². The van der Waals surface area contributed by atoms with Crippen molar-refractivity contribution < 1.29 is 59.7 Å². The van der Waals surface area contributed by atoms with E-state index in [0.29, 0.717) is 50.3 Å². The minimum Gasteiger partial charge on any atom is -0.489 e. The molecule has 8 amide bonds.